The van der Waals surface area contributed by atoms with E-state index in [2.05, 4.69) is 10.4 Å². The van der Waals surface area contributed by atoms with Crippen LogP contribution < -0.4 is 11.1 Å². The van der Waals surface area contributed by atoms with Gasteiger partial charge in [0.1, 0.15) is 0 Å². The molecule has 6 nitrogen and oxygen atoms in total. The van der Waals surface area contributed by atoms with Crippen LogP contribution in [0.15, 0.2) is 12.3 Å². The van der Waals surface area contributed by atoms with Crippen molar-refractivity contribution in [2.24, 2.45) is 11.7 Å². The van der Waals surface area contributed by atoms with Crippen LogP contribution in [0.1, 0.15) is 20.3 Å². The summed E-state index contributed by atoms with van der Waals surface area (Å²) >= 11 is 0. The fourth-order valence-corrected chi connectivity index (χ4v) is 1.57. The minimum Gasteiger partial charge on any atom is -0.383 e. The minimum absolute atomic E-state index is 0.194. The van der Waals surface area contributed by atoms with Gasteiger partial charge in [-0.1, -0.05) is 13.8 Å². The number of carbonyl (C=O) groups excluding carboxylic acids is 1. The molecule has 102 valence electrons. The molecule has 1 aromatic rings. The molecule has 0 spiro atoms. The summed E-state index contributed by atoms with van der Waals surface area (Å²) in [6, 6.07) is 1.25. The third kappa shape index (κ3) is 4.85. The van der Waals surface area contributed by atoms with Crippen molar-refractivity contribution in [3.63, 3.8) is 0 Å². The highest BCUT2D eigenvalue weighted by molar-refractivity contribution is 5.93. The molecule has 0 aliphatic carbocycles. The molecule has 0 radical (unpaired) electrons. The maximum atomic E-state index is 11.8. The van der Waals surface area contributed by atoms with E-state index in [1.54, 1.807) is 24.1 Å². The predicted octanol–water partition coefficient (Wildman–Crippen LogP) is 0.841. The molecule has 1 amide bonds. The van der Waals surface area contributed by atoms with E-state index < -0.39 is 6.04 Å². The van der Waals surface area contributed by atoms with Crippen LogP contribution >= 0.6 is 0 Å². The van der Waals surface area contributed by atoms with Gasteiger partial charge in [0.2, 0.25) is 5.91 Å². The number of nitrogens with one attached hydrogen (secondary N) is 1. The molecule has 0 aliphatic rings. The van der Waals surface area contributed by atoms with Crippen molar-refractivity contribution >= 4 is 11.7 Å². The van der Waals surface area contributed by atoms with Gasteiger partial charge in [-0.05, 0) is 12.3 Å². The number of methoxy groups -OCH3 is 1. The fraction of sp³-hybridized carbons (Fsp3) is 0.667. The molecular formula is C12H22N4O2. The van der Waals surface area contributed by atoms with Crippen LogP contribution in [-0.4, -0.2) is 35.4 Å². The van der Waals surface area contributed by atoms with Gasteiger partial charge < -0.3 is 15.8 Å². The zero-order valence-electron chi connectivity index (χ0n) is 11.2. The quantitative estimate of drug-likeness (QED) is 0.755. The Morgan fingerprint density at radius 2 is 2.33 bits per heavy atom. The normalized spacial score (nSPS) is 12.7. The van der Waals surface area contributed by atoms with Gasteiger partial charge in [-0.3, -0.25) is 9.48 Å². The molecule has 0 bridgehead atoms. The highest BCUT2D eigenvalue weighted by Crippen LogP contribution is 2.07. The van der Waals surface area contributed by atoms with Crippen molar-refractivity contribution < 1.29 is 9.53 Å². The van der Waals surface area contributed by atoms with Crippen molar-refractivity contribution in [1.29, 1.82) is 0 Å². The summed E-state index contributed by atoms with van der Waals surface area (Å²) in [6.07, 6.45) is 2.46. The van der Waals surface area contributed by atoms with Crippen molar-refractivity contribution in [2.75, 3.05) is 19.0 Å². The molecule has 0 saturated carbocycles. The lowest BCUT2D eigenvalue weighted by Gasteiger charge is -2.12. The summed E-state index contributed by atoms with van der Waals surface area (Å²) in [6.45, 7) is 5.31. The topological polar surface area (TPSA) is 82.2 Å². The molecule has 3 N–H and O–H groups in total. The third-order valence-corrected chi connectivity index (χ3v) is 2.48. The van der Waals surface area contributed by atoms with Gasteiger partial charge in [-0.2, -0.15) is 5.10 Å². The average molecular weight is 254 g/mol. The second-order valence-electron chi connectivity index (χ2n) is 4.68. The summed E-state index contributed by atoms with van der Waals surface area (Å²) in [7, 11) is 1.64. The second kappa shape index (κ2) is 7.13. The molecule has 0 saturated heterocycles. The first-order valence-electron chi connectivity index (χ1n) is 6.11. The second-order valence-corrected chi connectivity index (χ2v) is 4.68. The summed E-state index contributed by atoms with van der Waals surface area (Å²) in [5.74, 6) is 0.723. The van der Waals surface area contributed by atoms with Crippen molar-refractivity contribution in [3.8, 4) is 0 Å². The van der Waals surface area contributed by atoms with Crippen molar-refractivity contribution in [3.05, 3.63) is 12.3 Å². The Hall–Kier alpha value is -1.40. The van der Waals surface area contributed by atoms with Crippen molar-refractivity contribution in [2.45, 2.75) is 32.9 Å². The SMILES string of the molecule is COCCn1ccc(NC(=O)[C@@H](N)CC(C)C)n1. The number of nitrogens with two attached hydrogens (primary N) is 1. The number of amides is 1. The predicted molar refractivity (Wildman–Crippen MR) is 70.2 cm³/mol. The van der Waals surface area contributed by atoms with E-state index in [9.17, 15) is 4.79 Å². The molecule has 6 heteroatoms. The highest BCUT2D eigenvalue weighted by Gasteiger charge is 2.15. The van der Waals surface area contributed by atoms with Crippen LogP contribution in [0.2, 0.25) is 0 Å². The first kappa shape index (κ1) is 14.7. The summed E-state index contributed by atoms with van der Waals surface area (Å²) in [5.41, 5.74) is 5.79. The Labute approximate surface area is 107 Å². The number of ether oxygens (including phenoxy) is 1. The molecular weight excluding hydrogens is 232 g/mol. The Morgan fingerprint density at radius 1 is 1.61 bits per heavy atom. The highest BCUT2D eigenvalue weighted by atomic mass is 16.5. The Bertz CT molecular complexity index is 376. The first-order chi connectivity index (χ1) is 8.52. The number of hydrogen-bond donors (Lipinski definition) is 2. The van der Waals surface area contributed by atoms with Gasteiger partial charge in [0.25, 0.3) is 0 Å². The van der Waals surface area contributed by atoms with E-state index in [0.29, 0.717) is 31.3 Å². The molecule has 1 aromatic heterocycles. The minimum atomic E-state index is -0.492. The zero-order valence-corrected chi connectivity index (χ0v) is 11.2. The van der Waals surface area contributed by atoms with Gasteiger partial charge in [0.05, 0.1) is 19.2 Å². The fourth-order valence-electron chi connectivity index (χ4n) is 1.57. The Balaban J connectivity index is 2.46. The Kier molecular flexibility index (Phi) is 5.80. The van der Waals surface area contributed by atoms with Crippen LogP contribution in [0.3, 0.4) is 0 Å². The third-order valence-electron chi connectivity index (χ3n) is 2.48. The molecule has 0 unspecified atom stereocenters. The number of aromatic nitrogens is 2. The number of rotatable bonds is 7. The van der Waals surface area contributed by atoms with Gasteiger partial charge in [-0.15, -0.1) is 0 Å². The van der Waals surface area contributed by atoms with Crippen LogP contribution in [0.5, 0.6) is 0 Å². The molecule has 0 aliphatic heterocycles. The van der Waals surface area contributed by atoms with Gasteiger partial charge in [0, 0.05) is 19.4 Å². The molecule has 18 heavy (non-hydrogen) atoms. The smallest absolute Gasteiger partial charge is 0.242 e. The maximum Gasteiger partial charge on any atom is 0.242 e. The maximum absolute atomic E-state index is 11.8. The monoisotopic (exact) mass is 254 g/mol. The number of anilines is 1. The summed E-state index contributed by atoms with van der Waals surface area (Å²) < 4.78 is 6.67. The van der Waals surface area contributed by atoms with Crippen LogP contribution in [0.25, 0.3) is 0 Å². The van der Waals surface area contributed by atoms with Crippen LogP contribution in [0.4, 0.5) is 5.82 Å². The number of hydrogen-bond acceptors (Lipinski definition) is 4. The molecule has 1 heterocycles. The molecule has 0 aromatic carbocycles. The largest absolute Gasteiger partial charge is 0.383 e. The van der Waals surface area contributed by atoms with E-state index in [1.807, 2.05) is 13.8 Å². The lowest BCUT2D eigenvalue weighted by molar-refractivity contribution is -0.117. The van der Waals surface area contributed by atoms with Crippen molar-refractivity contribution in [1.82, 2.24) is 9.78 Å². The number of carbonyl (C=O) groups is 1. The van der Waals surface area contributed by atoms with Gasteiger partial charge in [-0.25, -0.2) is 0 Å². The molecule has 0 fully saturated rings. The number of nitrogens with zero attached hydrogens (tertiary/aromatic N) is 2. The summed E-state index contributed by atoms with van der Waals surface area (Å²) in [4.78, 5) is 11.8. The van der Waals surface area contributed by atoms with Gasteiger partial charge in [0.15, 0.2) is 5.82 Å². The first-order valence-corrected chi connectivity index (χ1v) is 6.11. The standard InChI is InChI=1S/C12H22N4O2/c1-9(2)8-10(13)12(17)14-11-4-5-16(15-11)6-7-18-3/h4-5,9-10H,6-8,13H2,1-3H3,(H,14,15,17)/t10-/m0/s1. The van der Waals surface area contributed by atoms with E-state index >= 15 is 0 Å². The summed E-state index contributed by atoms with van der Waals surface area (Å²) in [5, 5.41) is 6.91. The van der Waals surface area contributed by atoms with Gasteiger partial charge >= 0.3 is 0 Å². The van der Waals surface area contributed by atoms with E-state index in [0.717, 1.165) is 0 Å². The lowest BCUT2D eigenvalue weighted by Crippen LogP contribution is -2.36. The average Bonchev–Trinajstić information content (AvgIpc) is 2.73. The van der Waals surface area contributed by atoms with E-state index in [4.69, 9.17) is 10.5 Å². The van der Waals surface area contributed by atoms with E-state index in [-0.39, 0.29) is 5.91 Å². The molecule has 1 atom stereocenters. The van der Waals surface area contributed by atoms with E-state index in [1.165, 1.54) is 0 Å². The molecule has 1 rings (SSSR count). The zero-order chi connectivity index (χ0) is 13.5. The Morgan fingerprint density at radius 3 is 2.94 bits per heavy atom. The lowest BCUT2D eigenvalue weighted by atomic mass is 10.0. The van der Waals surface area contributed by atoms with Crippen LogP contribution in [-0.2, 0) is 16.1 Å². The van der Waals surface area contributed by atoms with Crippen LogP contribution in [0, 0.1) is 5.92 Å².